The number of benzene rings is 2. The van der Waals surface area contributed by atoms with Crippen LogP contribution in [0.1, 0.15) is 12.8 Å². The summed E-state index contributed by atoms with van der Waals surface area (Å²) in [6.45, 7) is 2.19. The van der Waals surface area contributed by atoms with Gasteiger partial charge in [-0.15, -0.1) is 12.4 Å². The Bertz CT molecular complexity index is 656. The molecule has 6 heteroatoms. The molecule has 0 saturated carbocycles. The quantitative estimate of drug-likeness (QED) is 0.857. The van der Waals surface area contributed by atoms with E-state index in [0.717, 1.165) is 43.1 Å². The Morgan fingerprint density at radius 2 is 1.64 bits per heavy atom. The zero-order chi connectivity index (χ0) is 16.8. The number of amides is 1. The van der Waals surface area contributed by atoms with E-state index in [1.165, 1.54) is 0 Å². The summed E-state index contributed by atoms with van der Waals surface area (Å²) in [5.74, 6) is 1.53. The number of ether oxygens (including phenoxy) is 1. The number of nitrogens with zero attached hydrogens (tertiary/aromatic N) is 1. The summed E-state index contributed by atoms with van der Waals surface area (Å²) in [5, 5.41) is 2.92. The van der Waals surface area contributed by atoms with Gasteiger partial charge in [0.25, 0.3) is 0 Å². The topological polar surface area (TPSA) is 67.6 Å². The Hall–Kier alpha value is -2.08. The van der Waals surface area contributed by atoms with Crippen LogP contribution in [0.2, 0.25) is 0 Å². The molecule has 1 aliphatic rings. The average Bonchev–Trinajstić information content (AvgIpc) is 2.60. The van der Waals surface area contributed by atoms with Crippen molar-refractivity contribution >= 4 is 24.0 Å². The van der Waals surface area contributed by atoms with E-state index in [0.29, 0.717) is 6.54 Å². The number of nitrogens with two attached hydrogens (primary N) is 1. The normalized spacial score (nSPS) is 15.2. The van der Waals surface area contributed by atoms with Gasteiger partial charge in [0, 0.05) is 24.8 Å². The Kier molecular flexibility index (Phi) is 7.25. The highest BCUT2D eigenvalue weighted by Crippen LogP contribution is 2.22. The lowest BCUT2D eigenvalue weighted by Gasteiger charge is -2.29. The zero-order valence-electron chi connectivity index (χ0n) is 14.1. The smallest absolute Gasteiger partial charge is 0.238 e. The molecular formula is C19H24ClN3O2. The number of piperidine rings is 1. The molecule has 0 aliphatic carbocycles. The van der Waals surface area contributed by atoms with Gasteiger partial charge in [0.05, 0.1) is 6.54 Å². The van der Waals surface area contributed by atoms with Crippen molar-refractivity contribution in [3.05, 3.63) is 54.6 Å². The fourth-order valence-electron chi connectivity index (χ4n) is 2.75. The van der Waals surface area contributed by atoms with E-state index in [4.69, 9.17) is 10.5 Å². The molecule has 2 aromatic carbocycles. The molecule has 1 aliphatic heterocycles. The number of para-hydroxylation sites is 1. The number of rotatable bonds is 5. The summed E-state index contributed by atoms with van der Waals surface area (Å²) in [5.41, 5.74) is 6.65. The SMILES string of the molecule is Cl.NC1CCN(CC(=O)Nc2ccc(Oc3ccccc3)cc2)CC1. The molecule has 1 saturated heterocycles. The van der Waals surface area contributed by atoms with Gasteiger partial charge in [-0.2, -0.15) is 0 Å². The Balaban J connectivity index is 0.00000225. The van der Waals surface area contributed by atoms with Gasteiger partial charge in [0.15, 0.2) is 0 Å². The summed E-state index contributed by atoms with van der Waals surface area (Å²) in [7, 11) is 0. The van der Waals surface area contributed by atoms with Crippen LogP contribution in [0, 0.1) is 0 Å². The molecule has 0 spiro atoms. The minimum Gasteiger partial charge on any atom is -0.457 e. The highest BCUT2D eigenvalue weighted by molar-refractivity contribution is 5.92. The fourth-order valence-corrected chi connectivity index (χ4v) is 2.75. The van der Waals surface area contributed by atoms with Crippen LogP contribution >= 0.6 is 12.4 Å². The van der Waals surface area contributed by atoms with Crippen LogP contribution < -0.4 is 15.8 Å². The lowest BCUT2D eigenvalue weighted by Crippen LogP contribution is -2.43. The molecule has 2 aromatic rings. The van der Waals surface area contributed by atoms with Crippen molar-refractivity contribution in [2.75, 3.05) is 25.0 Å². The van der Waals surface area contributed by atoms with Gasteiger partial charge in [-0.3, -0.25) is 9.69 Å². The van der Waals surface area contributed by atoms with Gasteiger partial charge in [0.2, 0.25) is 5.91 Å². The molecule has 1 amide bonds. The van der Waals surface area contributed by atoms with E-state index in [2.05, 4.69) is 10.2 Å². The second-order valence-electron chi connectivity index (χ2n) is 6.10. The number of hydrogen-bond donors (Lipinski definition) is 2. The number of nitrogens with one attached hydrogen (secondary N) is 1. The van der Waals surface area contributed by atoms with E-state index >= 15 is 0 Å². The van der Waals surface area contributed by atoms with Crippen molar-refractivity contribution in [1.29, 1.82) is 0 Å². The molecule has 1 fully saturated rings. The highest BCUT2D eigenvalue weighted by Gasteiger charge is 2.18. The van der Waals surface area contributed by atoms with E-state index in [1.54, 1.807) is 0 Å². The lowest BCUT2D eigenvalue weighted by molar-refractivity contribution is -0.117. The maximum Gasteiger partial charge on any atom is 0.238 e. The first kappa shape index (κ1) is 19.2. The zero-order valence-corrected chi connectivity index (χ0v) is 14.9. The number of carbonyl (C=O) groups is 1. The van der Waals surface area contributed by atoms with Gasteiger partial charge in [-0.25, -0.2) is 0 Å². The van der Waals surface area contributed by atoms with Gasteiger partial charge < -0.3 is 15.8 Å². The van der Waals surface area contributed by atoms with Crippen LogP contribution in [0.25, 0.3) is 0 Å². The number of anilines is 1. The molecule has 3 N–H and O–H groups in total. The monoisotopic (exact) mass is 361 g/mol. The van der Waals surface area contributed by atoms with E-state index in [-0.39, 0.29) is 24.4 Å². The fraction of sp³-hybridized carbons (Fsp3) is 0.316. The second-order valence-corrected chi connectivity index (χ2v) is 6.10. The lowest BCUT2D eigenvalue weighted by atomic mass is 10.1. The summed E-state index contributed by atoms with van der Waals surface area (Å²) >= 11 is 0. The van der Waals surface area contributed by atoms with Crippen molar-refractivity contribution in [3.63, 3.8) is 0 Å². The van der Waals surface area contributed by atoms with Gasteiger partial charge in [0.1, 0.15) is 11.5 Å². The predicted molar refractivity (Wildman–Crippen MR) is 102 cm³/mol. The molecule has 134 valence electrons. The number of likely N-dealkylation sites (tertiary alicyclic amines) is 1. The van der Waals surface area contributed by atoms with Gasteiger partial charge in [-0.05, 0) is 49.2 Å². The molecule has 0 radical (unpaired) electrons. The van der Waals surface area contributed by atoms with E-state index < -0.39 is 0 Å². The molecule has 0 bridgehead atoms. The first-order chi connectivity index (χ1) is 11.7. The Morgan fingerprint density at radius 1 is 1.04 bits per heavy atom. The van der Waals surface area contributed by atoms with Gasteiger partial charge >= 0.3 is 0 Å². The maximum absolute atomic E-state index is 12.1. The third kappa shape index (κ3) is 6.05. The van der Waals surface area contributed by atoms with Crippen LogP contribution in [-0.2, 0) is 4.79 Å². The Morgan fingerprint density at radius 3 is 2.28 bits per heavy atom. The summed E-state index contributed by atoms with van der Waals surface area (Å²) in [4.78, 5) is 14.3. The van der Waals surface area contributed by atoms with E-state index in [1.807, 2.05) is 54.6 Å². The van der Waals surface area contributed by atoms with Crippen molar-refractivity contribution in [1.82, 2.24) is 4.90 Å². The number of halogens is 1. The molecule has 25 heavy (non-hydrogen) atoms. The highest BCUT2D eigenvalue weighted by atomic mass is 35.5. The van der Waals surface area contributed by atoms with Crippen LogP contribution in [0.5, 0.6) is 11.5 Å². The summed E-state index contributed by atoms with van der Waals surface area (Å²) < 4.78 is 5.74. The predicted octanol–water partition coefficient (Wildman–Crippen LogP) is 3.26. The molecule has 1 heterocycles. The molecule has 0 aromatic heterocycles. The second kappa shape index (κ2) is 9.42. The van der Waals surface area contributed by atoms with Crippen molar-refractivity contribution in [3.8, 4) is 11.5 Å². The molecular weight excluding hydrogens is 338 g/mol. The van der Waals surface area contributed by atoms with Crippen LogP contribution in [-0.4, -0.2) is 36.5 Å². The first-order valence-corrected chi connectivity index (χ1v) is 8.30. The van der Waals surface area contributed by atoms with E-state index in [9.17, 15) is 4.79 Å². The Labute approximate surface area is 154 Å². The first-order valence-electron chi connectivity index (χ1n) is 8.30. The largest absolute Gasteiger partial charge is 0.457 e. The van der Waals surface area contributed by atoms with Crippen molar-refractivity contribution < 1.29 is 9.53 Å². The van der Waals surface area contributed by atoms with Crippen molar-refractivity contribution in [2.24, 2.45) is 5.73 Å². The average molecular weight is 362 g/mol. The van der Waals surface area contributed by atoms with Crippen molar-refractivity contribution in [2.45, 2.75) is 18.9 Å². The number of hydrogen-bond acceptors (Lipinski definition) is 4. The molecule has 5 nitrogen and oxygen atoms in total. The molecule has 0 unspecified atom stereocenters. The summed E-state index contributed by atoms with van der Waals surface area (Å²) in [6.07, 6.45) is 1.91. The molecule has 0 atom stereocenters. The third-order valence-corrected chi connectivity index (χ3v) is 4.12. The summed E-state index contributed by atoms with van der Waals surface area (Å²) in [6, 6.07) is 17.3. The number of carbonyl (C=O) groups excluding carboxylic acids is 1. The minimum atomic E-state index is 0. The standard InChI is InChI=1S/C19H23N3O2.ClH/c20-15-10-12-22(13-11-15)14-19(23)21-16-6-8-18(9-7-16)24-17-4-2-1-3-5-17;/h1-9,15H,10-14,20H2,(H,21,23);1H. The maximum atomic E-state index is 12.1. The van der Waals surface area contributed by atoms with Crippen LogP contribution in [0.15, 0.2) is 54.6 Å². The van der Waals surface area contributed by atoms with Crippen LogP contribution in [0.3, 0.4) is 0 Å². The van der Waals surface area contributed by atoms with Crippen LogP contribution in [0.4, 0.5) is 5.69 Å². The third-order valence-electron chi connectivity index (χ3n) is 4.12. The van der Waals surface area contributed by atoms with Gasteiger partial charge in [-0.1, -0.05) is 18.2 Å². The molecule has 3 rings (SSSR count). The minimum absolute atomic E-state index is 0.